The van der Waals surface area contributed by atoms with Crippen LogP contribution in [0.15, 0.2) is 30.3 Å². The van der Waals surface area contributed by atoms with Crippen LogP contribution in [0, 0.1) is 17.8 Å². The molecule has 0 aliphatic rings. The van der Waals surface area contributed by atoms with Crippen LogP contribution < -0.4 is 0 Å². The third-order valence-corrected chi connectivity index (χ3v) is 3.31. The van der Waals surface area contributed by atoms with Gasteiger partial charge in [-0.1, -0.05) is 44.2 Å². The Bertz CT molecular complexity index is 442. The number of hydrogen-bond acceptors (Lipinski definition) is 1. The second-order valence-electron chi connectivity index (χ2n) is 5.27. The highest BCUT2D eigenvalue weighted by atomic mass is 16.2. The van der Waals surface area contributed by atoms with E-state index in [-0.39, 0.29) is 11.9 Å². The van der Waals surface area contributed by atoms with Gasteiger partial charge in [0.15, 0.2) is 0 Å². The van der Waals surface area contributed by atoms with Gasteiger partial charge < -0.3 is 4.90 Å². The van der Waals surface area contributed by atoms with Crippen molar-refractivity contribution >= 4 is 5.91 Å². The van der Waals surface area contributed by atoms with E-state index in [1.54, 1.807) is 4.90 Å². The van der Waals surface area contributed by atoms with Gasteiger partial charge in [-0.05, 0) is 12.5 Å². The Morgan fingerprint density at radius 3 is 2.44 bits per heavy atom. The van der Waals surface area contributed by atoms with Gasteiger partial charge in [0.25, 0.3) is 0 Å². The number of amides is 1. The first-order valence-electron chi connectivity index (χ1n) is 6.16. The molecule has 2 nitrogen and oxygen atoms in total. The minimum absolute atomic E-state index is 0.0516. The van der Waals surface area contributed by atoms with Gasteiger partial charge in [-0.25, -0.2) is 0 Å². The van der Waals surface area contributed by atoms with Crippen LogP contribution in [0.3, 0.4) is 0 Å². The topological polar surface area (TPSA) is 20.3 Å². The van der Waals surface area contributed by atoms with Crippen LogP contribution in [0.2, 0.25) is 0 Å². The van der Waals surface area contributed by atoms with E-state index in [0.717, 1.165) is 5.56 Å². The predicted molar refractivity (Wildman–Crippen MR) is 74.9 cm³/mol. The first-order chi connectivity index (χ1) is 8.40. The van der Waals surface area contributed by atoms with Gasteiger partial charge in [0.2, 0.25) is 5.91 Å². The summed E-state index contributed by atoms with van der Waals surface area (Å²) in [6.45, 7) is 5.81. The van der Waals surface area contributed by atoms with Crippen molar-refractivity contribution in [2.24, 2.45) is 5.41 Å². The van der Waals surface area contributed by atoms with Gasteiger partial charge in [0.05, 0.1) is 11.5 Å². The summed E-state index contributed by atoms with van der Waals surface area (Å²) in [6, 6.07) is 10.1. The summed E-state index contributed by atoms with van der Waals surface area (Å²) in [5, 5.41) is 0. The quantitative estimate of drug-likeness (QED) is 0.743. The molecule has 18 heavy (non-hydrogen) atoms. The second kappa shape index (κ2) is 5.73. The Kier molecular flexibility index (Phi) is 4.55. The minimum Gasteiger partial charge on any atom is -0.339 e. The summed E-state index contributed by atoms with van der Waals surface area (Å²) in [6.07, 6.45) is 5.78. The Hall–Kier alpha value is -1.75. The molecule has 0 saturated heterocycles. The maximum Gasteiger partial charge on any atom is 0.229 e. The average molecular weight is 243 g/mol. The molecule has 0 N–H and O–H groups in total. The lowest BCUT2D eigenvalue weighted by atomic mass is 9.87. The lowest BCUT2D eigenvalue weighted by molar-refractivity contribution is -0.140. The molecule has 0 saturated carbocycles. The molecule has 0 unspecified atom stereocenters. The third kappa shape index (κ3) is 3.13. The van der Waals surface area contributed by atoms with Crippen LogP contribution in [0.1, 0.15) is 38.8 Å². The molecule has 0 fully saturated rings. The zero-order valence-electron chi connectivity index (χ0n) is 11.6. The molecule has 0 aromatic heterocycles. The Morgan fingerprint density at radius 1 is 1.39 bits per heavy atom. The molecule has 1 atom stereocenters. The molecule has 1 aromatic carbocycles. The molecule has 96 valence electrons. The summed E-state index contributed by atoms with van der Waals surface area (Å²) in [4.78, 5) is 14.2. The van der Waals surface area contributed by atoms with Crippen molar-refractivity contribution in [3.05, 3.63) is 35.9 Å². The monoisotopic (exact) mass is 243 g/mol. The maximum absolute atomic E-state index is 12.4. The van der Waals surface area contributed by atoms with E-state index >= 15 is 0 Å². The molecule has 0 bridgehead atoms. The van der Waals surface area contributed by atoms with E-state index in [0.29, 0.717) is 6.42 Å². The van der Waals surface area contributed by atoms with Crippen LogP contribution in [-0.2, 0) is 4.79 Å². The molecule has 0 heterocycles. The van der Waals surface area contributed by atoms with E-state index in [9.17, 15) is 4.79 Å². The fourth-order valence-corrected chi connectivity index (χ4v) is 1.94. The number of nitrogens with zero attached hydrogens (tertiary/aromatic N) is 1. The predicted octanol–water partition coefficient (Wildman–Crippen LogP) is 3.26. The fraction of sp³-hybridized carbons (Fsp3) is 0.438. The Morgan fingerprint density at radius 2 is 1.94 bits per heavy atom. The molecule has 1 amide bonds. The average Bonchev–Trinajstić information content (AvgIpc) is 2.37. The van der Waals surface area contributed by atoms with Crippen molar-refractivity contribution in [1.29, 1.82) is 0 Å². The lowest BCUT2D eigenvalue weighted by Crippen LogP contribution is -2.39. The SMILES string of the molecule is C#CCC(C)(C)C(=O)N(C)[C@H](C)c1ccccc1. The number of carbonyl (C=O) groups is 1. The van der Waals surface area contributed by atoms with Gasteiger partial charge in [-0.15, -0.1) is 12.3 Å². The normalized spacial score (nSPS) is 12.6. The number of hydrogen-bond donors (Lipinski definition) is 0. The highest BCUT2D eigenvalue weighted by Crippen LogP contribution is 2.27. The van der Waals surface area contributed by atoms with Crippen LogP contribution in [0.25, 0.3) is 0 Å². The van der Waals surface area contributed by atoms with E-state index < -0.39 is 5.41 Å². The largest absolute Gasteiger partial charge is 0.339 e. The molecule has 0 aliphatic carbocycles. The van der Waals surface area contributed by atoms with Crippen molar-refractivity contribution in [2.75, 3.05) is 7.05 Å². The summed E-state index contributed by atoms with van der Waals surface area (Å²) in [5.74, 6) is 2.66. The van der Waals surface area contributed by atoms with Gasteiger partial charge in [-0.2, -0.15) is 0 Å². The van der Waals surface area contributed by atoms with Crippen LogP contribution in [-0.4, -0.2) is 17.9 Å². The maximum atomic E-state index is 12.4. The van der Waals surface area contributed by atoms with Crippen molar-refractivity contribution < 1.29 is 4.79 Å². The van der Waals surface area contributed by atoms with Crippen LogP contribution >= 0.6 is 0 Å². The van der Waals surface area contributed by atoms with Crippen LogP contribution in [0.5, 0.6) is 0 Å². The van der Waals surface area contributed by atoms with Gasteiger partial charge >= 0.3 is 0 Å². The van der Waals surface area contributed by atoms with Gasteiger partial charge in [-0.3, -0.25) is 4.79 Å². The highest BCUT2D eigenvalue weighted by Gasteiger charge is 2.31. The van der Waals surface area contributed by atoms with Crippen molar-refractivity contribution in [3.8, 4) is 12.3 Å². The molecule has 2 heteroatoms. The molecular weight excluding hydrogens is 222 g/mol. The molecular formula is C16H21NO. The molecule has 0 radical (unpaired) electrons. The summed E-state index contributed by atoms with van der Waals surface area (Å²) >= 11 is 0. The zero-order valence-corrected chi connectivity index (χ0v) is 11.6. The number of rotatable bonds is 4. The third-order valence-electron chi connectivity index (χ3n) is 3.31. The highest BCUT2D eigenvalue weighted by molar-refractivity contribution is 5.82. The number of benzene rings is 1. The van der Waals surface area contributed by atoms with Gasteiger partial charge in [0, 0.05) is 13.5 Å². The van der Waals surface area contributed by atoms with Gasteiger partial charge in [0.1, 0.15) is 0 Å². The van der Waals surface area contributed by atoms with E-state index in [1.165, 1.54) is 0 Å². The summed E-state index contributed by atoms with van der Waals surface area (Å²) in [7, 11) is 1.83. The second-order valence-corrected chi connectivity index (χ2v) is 5.27. The lowest BCUT2D eigenvalue weighted by Gasteiger charge is -2.32. The fourth-order valence-electron chi connectivity index (χ4n) is 1.94. The first kappa shape index (κ1) is 14.3. The smallest absolute Gasteiger partial charge is 0.229 e. The summed E-state index contributed by atoms with van der Waals surface area (Å²) < 4.78 is 0. The van der Waals surface area contributed by atoms with E-state index in [4.69, 9.17) is 6.42 Å². The first-order valence-corrected chi connectivity index (χ1v) is 6.16. The Labute approximate surface area is 110 Å². The molecule has 1 rings (SSSR count). The zero-order chi connectivity index (χ0) is 13.8. The number of carbonyl (C=O) groups excluding carboxylic acids is 1. The Balaban J connectivity index is 2.85. The number of terminal acetylenes is 1. The van der Waals surface area contributed by atoms with Crippen LogP contribution in [0.4, 0.5) is 0 Å². The molecule has 0 aliphatic heterocycles. The van der Waals surface area contributed by atoms with Crippen molar-refractivity contribution in [1.82, 2.24) is 4.90 Å². The van der Waals surface area contributed by atoms with E-state index in [2.05, 4.69) is 5.92 Å². The van der Waals surface area contributed by atoms with Crippen molar-refractivity contribution in [2.45, 2.75) is 33.2 Å². The summed E-state index contributed by atoms with van der Waals surface area (Å²) in [5.41, 5.74) is 0.622. The minimum atomic E-state index is -0.507. The molecule has 1 aromatic rings. The standard InChI is InChI=1S/C16H21NO/c1-6-12-16(3,4)15(18)17(5)13(2)14-10-8-7-9-11-14/h1,7-11,13H,12H2,2-5H3/t13-/m1/s1. The molecule has 0 spiro atoms. The van der Waals surface area contributed by atoms with E-state index in [1.807, 2.05) is 58.2 Å². The van der Waals surface area contributed by atoms with Crippen molar-refractivity contribution in [3.63, 3.8) is 0 Å².